The first-order valence-corrected chi connectivity index (χ1v) is 11.2. The van der Waals surface area contributed by atoms with Gasteiger partial charge in [-0.15, -0.1) is 0 Å². The third-order valence-electron chi connectivity index (χ3n) is 2.26. The van der Waals surface area contributed by atoms with Crippen LogP contribution in [0, 0.1) is 0 Å². The molecule has 8 heteroatoms. The maximum Gasteiger partial charge on any atom is 0.153 e. The Kier molecular flexibility index (Phi) is 8.59. The molecule has 2 aromatic rings. The SMILES string of the molecule is CS(=O)(=O)Cc1cc(Br)ccn1.CSCc1cc(Br)ccn1. The molecule has 2 aromatic heterocycles. The first-order valence-electron chi connectivity index (χ1n) is 6.17. The van der Waals surface area contributed by atoms with Gasteiger partial charge >= 0.3 is 0 Å². The van der Waals surface area contributed by atoms with Gasteiger partial charge in [-0.25, -0.2) is 8.42 Å². The van der Waals surface area contributed by atoms with Gasteiger partial charge < -0.3 is 0 Å². The van der Waals surface area contributed by atoms with E-state index in [2.05, 4.69) is 48.1 Å². The van der Waals surface area contributed by atoms with Crippen LogP contribution in [0.4, 0.5) is 0 Å². The molecule has 0 spiro atoms. The number of nitrogens with zero attached hydrogens (tertiary/aromatic N) is 2. The highest BCUT2D eigenvalue weighted by atomic mass is 79.9. The number of aromatic nitrogens is 2. The molecule has 0 aliphatic carbocycles. The third-order valence-corrected chi connectivity index (χ3v) is 4.65. The molecule has 0 fully saturated rings. The van der Waals surface area contributed by atoms with Crippen molar-refractivity contribution in [2.45, 2.75) is 11.5 Å². The Bertz CT molecular complexity index is 709. The van der Waals surface area contributed by atoms with Crippen molar-refractivity contribution in [2.24, 2.45) is 0 Å². The van der Waals surface area contributed by atoms with Crippen molar-refractivity contribution in [1.82, 2.24) is 9.97 Å². The fourth-order valence-electron chi connectivity index (χ4n) is 1.47. The molecule has 0 N–H and O–H groups in total. The summed E-state index contributed by atoms with van der Waals surface area (Å²) in [6, 6.07) is 7.42. The van der Waals surface area contributed by atoms with Gasteiger partial charge in [0.25, 0.3) is 0 Å². The number of thioether (sulfide) groups is 1. The monoisotopic (exact) mass is 466 g/mol. The van der Waals surface area contributed by atoms with Crippen molar-refractivity contribution < 1.29 is 8.42 Å². The highest BCUT2D eigenvalue weighted by Gasteiger charge is 2.05. The summed E-state index contributed by atoms with van der Waals surface area (Å²) in [7, 11) is -2.98. The van der Waals surface area contributed by atoms with Crippen molar-refractivity contribution in [3.8, 4) is 0 Å². The summed E-state index contributed by atoms with van der Waals surface area (Å²) in [6.45, 7) is 0. The molecule has 0 unspecified atom stereocenters. The fourth-order valence-corrected chi connectivity index (χ4v) is 3.39. The number of pyridine rings is 2. The molecule has 4 nitrogen and oxygen atoms in total. The van der Waals surface area contributed by atoms with Crippen molar-refractivity contribution >= 4 is 53.5 Å². The molecule has 0 aromatic carbocycles. The molecule has 2 heterocycles. The zero-order valence-corrected chi connectivity index (χ0v) is 17.0. The Balaban J connectivity index is 0.000000224. The van der Waals surface area contributed by atoms with E-state index in [4.69, 9.17) is 0 Å². The summed E-state index contributed by atoms with van der Waals surface area (Å²) in [5.41, 5.74) is 1.69. The minimum absolute atomic E-state index is 0.00750. The molecule has 0 saturated carbocycles. The maximum absolute atomic E-state index is 10.9. The molecular weight excluding hydrogens is 452 g/mol. The molecule has 0 aliphatic heterocycles. The minimum Gasteiger partial charge on any atom is -0.260 e. The van der Waals surface area contributed by atoms with Gasteiger partial charge in [0.1, 0.15) is 0 Å². The summed E-state index contributed by atoms with van der Waals surface area (Å²) >= 11 is 8.40. The molecule has 0 saturated heterocycles. The average Bonchev–Trinajstić information content (AvgIpc) is 2.38. The standard InChI is InChI=1S/C7H8BrNO2S.C7H8BrNS/c1-12(10,11)5-7-4-6(8)2-3-9-7;1-10-5-7-4-6(8)2-3-9-7/h2-4H,5H2,1H3;2-4H,5H2,1H3. The van der Waals surface area contributed by atoms with E-state index in [-0.39, 0.29) is 5.75 Å². The molecule has 0 bridgehead atoms. The summed E-state index contributed by atoms with van der Waals surface area (Å²) in [6.07, 6.45) is 6.65. The molecule has 0 aliphatic rings. The quantitative estimate of drug-likeness (QED) is 0.677. The van der Waals surface area contributed by atoms with Gasteiger partial charge in [-0.1, -0.05) is 31.9 Å². The Morgan fingerprint density at radius 2 is 1.55 bits per heavy atom. The molecular formula is C14H16Br2N2O2S2. The van der Waals surface area contributed by atoms with Crippen LogP contribution in [-0.2, 0) is 21.3 Å². The molecule has 0 radical (unpaired) electrons. The molecule has 0 atom stereocenters. The second kappa shape index (κ2) is 9.64. The summed E-state index contributed by atoms with van der Waals surface area (Å²) in [5, 5.41) is 0. The molecule has 0 amide bonds. The Hall–Kier alpha value is -0.440. The van der Waals surface area contributed by atoms with E-state index < -0.39 is 9.84 Å². The van der Waals surface area contributed by atoms with Crippen LogP contribution < -0.4 is 0 Å². The van der Waals surface area contributed by atoms with E-state index in [0.29, 0.717) is 5.69 Å². The highest BCUT2D eigenvalue weighted by molar-refractivity contribution is 9.10. The summed E-state index contributed by atoms with van der Waals surface area (Å²) < 4.78 is 23.7. The Labute approximate surface area is 152 Å². The van der Waals surface area contributed by atoms with Gasteiger partial charge in [0, 0.05) is 33.3 Å². The first-order chi connectivity index (χ1) is 10.3. The van der Waals surface area contributed by atoms with Crippen LogP contribution in [0.25, 0.3) is 0 Å². The average molecular weight is 468 g/mol. The predicted molar refractivity (Wildman–Crippen MR) is 99.6 cm³/mol. The van der Waals surface area contributed by atoms with Gasteiger partial charge in [-0.3, -0.25) is 9.97 Å². The van der Waals surface area contributed by atoms with Gasteiger partial charge in [0.05, 0.1) is 17.1 Å². The highest BCUT2D eigenvalue weighted by Crippen LogP contribution is 2.12. The lowest BCUT2D eigenvalue weighted by Crippen LogP contribution is -2.02. The van der Waals surface area contributed by atoms with E-state index in [0.717, 1.165) is 20.4 Å². The topological polar surface area (TPSA) is 59.9 Å². The molecule has 2 rings (SSSR count). The number of rotatable bonds is 4. The lowest BCUT2D eigenvalue weighted by molar-refractivity contribution is 0.600. The molecule has 22 heavy (non-hydrogen) atoms. The van der Waals surface area contributed by atoms with Crippen LogP contribution in [0.3, 0.4) is 0 Å². The smallest absolute Gasteiger partial charge is 0.153 e. The van der Waals surface area contributed by atoms with Crippen molar-refractivity contribution in [3.63, 3.8) is 0 Å². The number of halogens is 2. The van der Waals surface area contributed by atoms with Crippen molar-refractivity contribution in [3.05, 3.63) is 57.0 Å². The largest absolute Gasteiger partial charge is 0.260 e. The summed E-state index contributed by atoms with van der Waals surface area (Å²) in [4.78, 5) is 8.09. The lowest BCUT2D eigenvalue weighted by atomic mass is 10.4. The third kappa shape index (κ3) is 8.87. The zero-order chi connectivity index (χ0) is 16.6. The zero-order valence-electron chi connectivity index (χ0n) is 12.2. The normalized spacial score (nSPS) is 10.7. The second-order valence-electron chi connectivity index (χ2n) is 4.43. The first kappa shape index (κ1) is 19.6. The Morgan fingerprint density at radius 1 is 1.05 bits per heavy atom. The predicted octanol–water partition coefficient (Wildman–Crippen LogP) is 4.10. The van der Waals surface area contributed by atoms with Crippen LogP contribution in [-0.4, -0.2) is 30.9 Å². The van der Waals surface area contributed by atoms with Crippen molar-refractivity contribution in [1.29, 1.82) is 0 Å². The van der Waals surface area contributed by atoms with E-state index in [1.165, 1.54) is 6.26 Å². The van der Waals surface area contributed by atoms with Crippen LogP contribution in [0.15, 0.2) is 45.6 Å². The minimum atomic E-state index is -2.98. The van der Waals surface area contributed by atoms with E-state index in [1.807, 2.05) is 18.3 Å². The number of sulfone groups is 1. The van der Waals surface area contributed by atoms with Crippen LogP contribution in [0.1, 0.15) is 11.4 Å². The van der Waals surface area contributed by atoms with Gasteiger partial charge in [0.2, 0.25) is 0 Å². The van der Waals surface area contributed by atoms with Crippen molar-refractivity contribution in [2.75, 3.05) is 12.5 Å². The maximum atomic E-state index is 10.9. The van der Waals surface area contributed by atoms with Crippen LogP contribution in [0.5, 0.6) is 0 Å². The number of hydrogen-bond donors (Lipinski definition) is 0. The van der Waals surface area contributed by atoms with E-state index in [9.17, 15) is 8.42 Å². The Morgan fingerprint density at radius 3 is 2.00 bits per heavy atom. The summed E-state index contributed by atoms with van der Waals surface area (Å²) in [5.74, 6) is 0.978. The lowest BCUT2D eigenvalue weighted by Gasteiger charge is -1.97. The van der Waals surface area contributed by atoms with Gasteiger partial charge in [-0.05, 0) is 30.5 Å². The second-order valence-corrected chi connectivity index (χ2v) is 9.27. The van der Waals surface area contributed by atoms with Gasteiger partial charge in [0.15, 0.2) is 9.84 Å². The van der Waals surface area contributed by atoms with Crippen LogP contribution >= 0.6 is 43.6 Å². The van der Waals surface area contributed by atoms with Gasteiger partial charge in [-0.2, -0.15) is 11.8 Å². The van der Waals surface area contributed by atoms with E-state index >= 15 is 0 Å². The fraction of sp³-hybridized carbons (Fsp3) is 0.286. The number of hydrogen-bond acceptors (Lipinski definition) is 5. The van der Waals surface area contributed by atoms with Crippen LogP contribution in [0.2, 0.25) is 0 Å². The molecule has 120 valence electrons. The van der Waals surface area contributed by atoms with E-state index in [1.54, 1.807) is 30.1 Å².